The van der Waals surface area contributed by atoms with Crippen molar-refractivity contribution >= 4 is 11.9 Å². The number of hydrogen-bond acceptors (Lipinski definition) is 2. The van der Waals surface area contributed by atoms with Crippen molar-refractivity contribution in [2.45, 2.75) is 19.9 Å². The molecule has 0 saturated carbocycles. The maximum absolute atomic E-state index is 13.4. The summed E-state index contributed by atoms with van der Waals surface area (Å²) in [4.78, 5) is 15.4. The molecule has 0 aliphatic rings. The molecule has 5 nitrogen and oxygen atoms in total. The molecule has 0 aliphatic carbocycles. The molecule has 1 aromatic rings. The fourth-order valence-corrected chi connectivity index (χ4v) is 1.53. The Morgan fingerprint density at radius 1 is 1.25 bits per heavy atom. The lowest BCUT2D eigenvalue weighted by Gasteiger charge is -2.12. The van der Waals surface area contributed by atoms with Gasteiger partial charge in [0.25, 0.3) is 0 Å². The normalized spacial score (nSPS) is 11.1. The second-order valence-corrected chi connectivity index (χ2v) is 4.22. The van der Waals surface area contributed by atoms with Gasteiger partial charge in [0.1, 0.15) is 5.82 Å². The first-order valence-electron chi connectivity index (χ1n) is 6.62. The average molecular weight is 280 g/mol. The van der Waals surface area contributed by atoms with Gasteiger partial charge in [-0.25, -0.2) is 4.39 Å². The summed E-state index contributed by atoms with van der Waals surface area (Å²) in [5.41, 5.74) is 0.547. The van der Waals surface area contributed by atoms with E-state index in [4.69, 9.17) is 0 Å². The molecular formula is C14H21FN4O. The van der Waals surface area contributed by atoms with E-state index in [1.54, 1.807) is 25.2 Å². The minimum absolute atomic E-state index is 0.0966. The molecule has 0 aliphatic heterocycles. The smallest absolute Gasteiger partial charge is 0.239 e. The predicted octanol–water partition coefficient (Wildman–Crippen LogP) is 1.02. The van der Waals surface area contributed by atoms with Gasteiger partial charge in [0.05, 0.1) is 6.54 Å². The van der Waals surface area contributed by atoms with Gasteiger partial charge in [0.15, 0.2) is 5.96 Å². The van der Waals surface area contributed by atoms with Gasteiger partial charge in [-0.05, 0) is 12.5 Å². The van der Waals surface area contributed by atoms with Crippen LogP contribution in [0.4, 0.5) is 4.39 Å². The summed E-state index contributed by atoms with van der Waals surface area (Å²) >= 11 is 0. The fourth-order valence-electron chi connectivity index (χ4n) is 1.53. The van der Waals surface area contributed by atoms with Gasteiger partial charge in [0, 0.05) is 25.7 Å². The van der Waals surface area contributed by atoms with Crippen LogP contribution in [0.25, 0.3) is 0 Å². The number of guanidine groups is 1. The molecule has 0 unspecified atom stereocenters. The molecule has 3 N–H and O–H groups in total. The number of hydrogen-bond donors (Lipinski definition) is 3. The highest BCUT2D eigenvalue weighted by molar-refractivity contribution is 5.86. The molecule has 0 saturated heterocycles. The Bertz CT molecular complexity index is 462. The third kappa shape index (κ3) is 5.69. The average Bonchev–Trinajstić information content (AvgIpc) is 2.46. The molecule has 0 bridgehead atoms. The van der Waals surface area contributed by atoms with Crippen molar-refractivity contribution in [2.75, 3.05) is 20.1 Å². The van der Waals surface area contributed by atoms with E-state index in [-0.39, 0.29) is 18.3 Å². The first-order valence-corrected chi connectivity index (χ1v) is 6.62. The Morgan fingerprint density at radius 2 is 2.00 bits per heavy atom. The number of amides is 1. The number of carbonyl (C=O) groups excluding carboxylic acids is 1. The number of rotatable bonds is 6. The van der Waals surface area contributed by atoms with Gasteiger partial charge < -0.3 is 16.0 Å². The van der Waals surface area contributed by atoms with Gasteiger partial charge in [-0.2, -0.15) is 0 Å². The van der Waals surface area contributed by atoms with Gasteiger partial charge >= 0.3 is 0 Å². The van der Waals surface area contributed by atoms with E-state index in [0.717, 1.165) is 6.42 Å². The molecule has 0 fully saturated rings. The Morgan fingerprint density at radius 3 is 2.65 bits per heavy atom. The van der Waals surface area contributed by atoms with Crippen LogP contribution >= 0.6 is 0 Å². The minimum atomic E-state index is -0.267. The molecule has 20 heavy (non-hydrogen) atoms. The zero-order chi connectivity index (χ0) is 14.8. The maximum Gasteiger partial charge on any atom is 0.239 e. The van der Waals surface area contributed by atoms with E-state index in [2.05, 4.69) is 20.9 Å². The van der Waals surface area contributed by atoms with Crippen LogP contribution in [-0.2, 0) is 11.3 Å². The number of halogens is 1. The van der Waals surface area contributed by atoms with Crippen LogP contribution in [0.1, 0.15) is 18.9 Å². The van der Waals surface area contributed by atoms with E-state index >= 15 is 0 Å². The standard InChI is InChI=1S/C14H21FN4O/c1-3-8-17-13(20)10-19-14(16-2)18-9-11-6-4-5-7-12(11)15/h4-7H,3,8-10H2,1-2H3,(H,17,20)(H2,16,18,19). The lowest BCUT2D eigenvalue weighted by Crippen LogP contribution is -2.43. The van der Waals surface area contributed by atoms with Crippen LogP contribution < -0.4 is 16.0 Å². The summed E-state index contributed by atoms with van der Waals surface area (Å²) in [7, 11) is 1.60. The van der Waals surface area contributed by atoms with Crippen molar-refractivity contribution in [3.8, 4) is 0 Å². The van der Waals surface area contributed by atoms with E-state index < -0.39 is 0 Å². The minimum Gasteiger partial charge on any atom is -0.355 e. The molecule has 0 heterocycles. The lowest BCUT2D eigenvalue weighted by atomic mass is 10.2. The molecule has 1 aromatic carbocycles. The number of nitrogens with zero attached hydrogens (tertiary/aromatic N) is 1. The van der Waals surface area contributed by atoms with Crippen LogP contribution in [0, 0.1) is 5.82 Å². The molecule has 1 rings (SSSR count). The Kier molecular flexibility index (Phi) is 7.10. The Hall–Kier alpha value is -2.11. The summed E-state index contributed by atoms with van der Waals surface area (Å²) in [6.45, 7) is 3.09. The molecular weight excluding hydrogens is 259 g/mol. The van der Waals surface area contributed by atoms with Crippen molar-refractivity contribution in [2.24, 2.45) is 4.99 Å². The molecule has 1 amide bonds. The van der Waals surface area contributed by atoms with E-state index in [9.17, 15) is 9.18 Å². The zero-order valence-corrected chi connectivity index (χ0v) is 11.9. The first-order chi connectivity index (χ1) is 9.67. The highest BCUT2D eigenvalue weighted by Gasteiger charge is 2.04. The van der Waals surface area contributed by atoms with Crippen LogP contribution in [0.2, 0.25) is 0 Å². The molecule has 6 heteroatoms. The summed E-state index contributed by atoms with van der Waals surface area (Å²) in [5, 5.41) is 8.58. The van der Waals surface area contributed by atoms with Crippen molar-refractivity contribution < 1.29 is 9.18 Å². The molecule has 110 valence electrons. The second-order valence-electron chi connectivity index (χ2n) is 4.22. The second kappa shape index (κ2) is 8.90. The van der Waals surface area contributed by atoms with Crippen LogP contribution in [0.3, 0.4) is 0 Å². The summed E-state index contributed by atoms with van der Waals surface area (Å²) in [6.07, 6.45) is 0.895. The van der Waals surface area contributed by atoms with Gasteiger partial charge in [-0.3, -0.25) is 9.79 Å². The molecule has 0 radical (unpaired) electrons. The third-order valence-corrected chi connectivity index (χ3v) is 2.62. The summed E-state index contributed by atoms with van der Waals surface area (Å²) < 4.78 is 13.4. The number of aliphatic imine (C=N–C) groups is 1. The maximum atomic E-state index is 13.4. The van der Waals surface area contributed by atoms with Gasteiger partial charge in [-0.15, -0.1) is 0 Å². The largest absolute Gasteiger partial charge is 0.355 e. The SMILES string of the molecule is CCCNC(=O)CNC(=NC)NCc1ccccc1F. The molecule has 0 atom stereocenters. The lowest BCUT2D eigenvalue weighted by molar-refractivity contribution is -0.120. The third-order valence-electron chi connectivity index (χ3n) is 2.62. The van der Waals surface area contributed by atoms with E-state index in [1.807, 2.05) is 6.92 Å². The van der Waals surface area contributed by atoms with Crippen molar-refractivity contribution in [3.05, 3.63) is 35.6 Å². The summed E-state index contributed by atoms with van der Waals surface area (Å²) in [5.74, 6) is 0.0942. The highest BCUT2D eigenvalue weighted by Crippen LogP contribution is 2.05. The predicted molar refractivity (Wildman–Crippen MR) is 77.9 cm³/mol. The monoisotopic (exact) mass is 280 g/mol. The highest BCUT2D eigenvalue weighted by atomic mass is 19.1. The van der Waals surface area contributed by atoms with Crippen molar-refractivity contribution in [3.63, 3.8) is 0 Å². The van der Waals surface area contributed by atoms with Crippen molar-refractivity contribution in [1.82, 2.24) is 16.0 Å². The Labute approximate surface area is 118 Å². The zero-order valence-electron chi connectivity index (χ0n) is 11.9. The van der Waals surface area contributed by atoms with Crippen LogP contribution in [0.15, 0.2) is 29.3 Å². The first kappa shape index (κ1) is 15.9. The van der Waals surface area contributed by atoms with E-state index in [0.29, 0.717) is 24.6 Å². The van der Waals surface area contributed by atoms with Gasteiger partial charge in [-0.1, -0.05) is 25.1 Å². The molecule has 0 aromatic heterocycles. The topological polar surface area (TPSA) is 65.5 Å². The fraction of sp³-hybridized carbons (Fsp3) is 0.429. The Balaban J connectivity index is 2.37. The number of carbonyl (C=O) groups is 1. The van der Waals surface area contributed by atoms with Crippen LogP contribution in [-0.4, -0.2) is 32.0 Å². The van der Waals surface area contributed by atoms with Crippen LogP contribution in [0.5, 0.6) is 0 Å². The van der Waals surface area contributed by atoms with E-state index in [1.165, 1.54) is 6.07 Å². The quantitative estimate of drug-likeness (QED) is 0.538. The summed E-state index contributed by atoms with van der Waals surface area (Å²) in [6, 6.07) is 6.52. The van der Waals surface area contributed by atoms with Gasteiger partial charge in [0.2, 0.25) is 5.91 Å². The number of benzene rings is 1. The van der Waals surface area contributed by atoms with Crippen molar-refractivity contribution in [1.29, 1.82) is 0 Å². The number of nitrogens with one attached hydrogen (secondary N) is 3. The molecule has 0 spiro atoms.